The van der Waals surface area contributed by atoms with Crippen molar-refractivity contribution in [3.63, 3.8) is 0 Å². The molecule has 5 heteroatoms. The Morgan fingerprint density at radius 1 is 1.71 bits per heavy atom. The van der Waals surface area contributed by atoms with Gasteiger partial charge < -0.3 is 9.47 Å². The highest BCUT2D eigenvalue weighted by Crippen LogP contribution is 1.97. The number of carbonyl (C=O) groups is 2. The van der Waals surface area contributed by atoms with Crippen LogP contribution in [-0.2, 0) is 11.3 Å². The van der Waals surface area contributed by atoms with E-state index in [0.717, 1.165) is 0 Å². The number of aromatic nitrogens is 2. The van der Waals surface area contributed by atoms with Gasteiger partial charge in [-0.3, -0.25) is 9.59 Å². The average molecular weight is 195 g/mol. The number of likely N-dealkylation sites (N-methyl/N-ethyl adjacent to an activating group) is 1. The van der Waals surface area contributed by atoms with Gasteiger partial charge in [0.1, 0.15) is 12.2 Å². The summed E-state index contributed by atoms with van der Waals surface area (Å²) >= 11 is 0. The SMILES string of the molecule is CCN(C)C(=O)Cn1cncc1C=O. The van der Waals surface area contributed by atoms with Gasteiger partial charge in [-0.1, -0.05) is 0 Å². The molecule has 0 spiro atoms. The monoisotopic (exact) mass is 195 g/mol. The normalized spacial score (nSPS) is 9.86. The highest BCUT2D eigenvalue weighted by atomic mass is 16.2. The molecule has 0 N–H and O–H groups in total. The van der Waals surface area contributed by atoms with Gasteiger partial charge in [0.05, 0.1) is 12.5 Å². The van der Waals surface area contributed by atoms with Gasteiger partial charge in [-0.25, -0.2) is 4.98 Å². The van der Waals surface area contributed by atoms with Crippen molar-refractivity contribution in [3.05, 3.63) is 18.2 Å². The fraction of sp³-hybridized carbons (Fsp3) is 0.444. The lowest BCUT2D eigenvalue weighted by Gasteiger charge is -2.14. The Bertz CT molecular complexity index is 333. The first kappa shape index (κ1) is 10.4. The molecule has 0 fully saturated rings. The molecule has 76 valence electrons. The Balaban J connectivity index is 2.69. The molecule has 0 aromatic carbocycles. The largest absolute Gasteiger partial charge is 0.344 e. The topological polar surface area (TPSA) is 55.2 Å². The number of rotatable bonds is 4. The number of imidazole rings is 1. The van der Waals surface area contributed by atoms with Crippen molar-refractivity contribution >= 4 is 12.2 Å². The van der Waals surface area contributed by atoms with Gasteiger partial charge in [0.25, 0.3) is 0 Å². The third kappa shape index (κ3) is 2.18. The third-order valence-electron chi connectivity index (χ3n) is 2.07. The van der Waals surface area contributed by atoms with E-state index >= 15 is 0 Å². The van der Waals surface area contributed by atoms with E-state index in [-0.39, 0.29) is 12.5 Å². The van der Waals surface area contributed by atoms with E-state index in [1.54, 1.807) is 11.9 Å². The molecule has 1 rings (SSSR count). The van der Waals surface area contributed by atoms with Crippen molar-refractivity contribution < 1.29 is 9.59 Å². The van der Waals surface area contributed by atoms with Crippen molar-refractivity contribution in [1.82, 2.24) is 14.5 Å². The van der Waals surface area contributed by atoms with Gasteiger partial charge in [0.2, 0.25) is 5.91 Å². The Labute approximate surface area is 82.3 Å². The van der Waals surface area contributed by atoms with Crippen LogP contribution in [0.5, 0.6) is 0 Å². The summed E-state index contributed by atoms with van der Waals surface area (Å²) in [7, 11) is 1.72. The van der Waals surface area contributed by atoms with Gasteiger partial charge in [-0.15, -0.1) is 0 Å². The van der Waals surface area contributed by atoms with E-state index in [1.807, 2.05) is 6.92 Å². The van der Waals surface area contributed by atoms with E-state index in [1.165, 1.54) is 17.1 Å². The van der Waals surface area contributed by atoms with Crippen molar-refractivity contribution in [1.29, 1.82) is 0 Å². The smallest absolute Gasteiger partial charge is 0.242 e. The number of amides is 1. The van der Waals surface area contributed by atoms with E-state index in [9.17, 15) is 9.59 Å². The summed E-state index contributed by atoms with van der Waals surface area (Å²) in [6, 6.07) is 0. The first-order valence-electron chi connectivity index (χ1n) is 4.38. The number of nitrogens with zero attached hydrogens (tertiary/aromatic N) is 3. The molecule has 0 aliphatic rings. The maximum Gasteiger partial charge on any atom is 0.242 e. The fourth-order valence-electron chi connectivity index (χ4n) is 1.00. The minimum atomic E-state index is -0.0337. The van der Waals surface area contributed by atoms with Gasteiger partial charge in [0, 0.05) is 13.6 Å². The van der Waals surface area contributed by atoms with Crippen LogP contribution in [0.2, 0.25) is 0 Å². The van der Waals surface area contributed by atoms with Gasteiger partial charge >= 0.3 is 0 Å². The number of hydrogen-bond donors (Lipinski definition) is 0. The fourth-order valence-corrected chi connectivity index (χ4v) is 1.00. The molecule has 5 nitrogen and oxygen atoms in total. The highest BCUT2D eigenvalue weighted by molar-refractivity contribution is 5.78. The molecule has 1 amide bonds. The second kappa shape index (κ2) is 4.55. The van der Waals surface area contributed by atoms with Crippen LogP contribution < -0.4 is 0 Å². The van der Waals surface area contributed by atoms with E-state index in [0.29, 0.717) is 18.5 Å². The zero-order valence-corrected chi connectivity index (χ0v) is 8.30. The quantitative estimate of drug-likeness (QED) is 0.644. The Morgan fingerprint density at radius 3 is 3.00 bits per heavy atom. The number of carbonyl (C=O) groups excluding carboxylic acids is 2. The summed E-state index contributed by atoms with van der Waals surface area (Å²) in [6.45, 7) is 2.72. The van der Waals surface area contributed by atoms with Crippen LogP contribution >= 0.6 is 0 Å². The standard InChI is InChI=1S/C9H13N3O2/c1-3-11(2)9(14)5-12-7-10-4-8(12)6-13/h4,6-7H,3,5H2,1-2H3. The predicted octanol–water partition coefficient (Wildman–Crippen LogP) is 0.174. The Kier molecular flexibility index (Phi) is 3.39. The molecule has 0 atom stereocenters. The number of aldehydes is 1. The molecule has 0 unspecified atom stereocenters. The lowest BCUT2D eigenvalue weighted by Crippen LogP contribution is -2.30. The minimum Gasteiger partial charge on any atom is -0.344 e. The molecule has 14 heavy (non-hydrogen) atoms. The van der Waals surface area contributed by atoms with E-state index < -0.39 is 0 Å². The van der Waals surface area contributed by atoms with Crippen LogP contribution in [0.4, 0.5) is 0 Å². The van der Waals surface area contributed by atoms with Crippen LogP contribution in [0.1, 0.15) is 17.4 Å². The zero-order valence-electron chi connectivity index (χ0n) is 8.30. The van der Waals surface area contributed by atoms with Crippen molar-refractivity contribution in [2.24, 2.45) is 0 Å². The van der Waals surface area contributed by atoms with Crippen LogP contribution in [-0.4, -0.2) is 40.2 Å². The summed E-state index contributed by atoms with van der Waals surface area (Å²) < 4.78 is 1.53. The van der Waals surface area contributed by atoms with Gasteiger partial charge in [0.15, 0.2) is 6.29 Å². The zero-order chi connectivity index (χ0) is 10.6. The predicted molar refractivity (Wildman–Crippen MR) is 50.9 cm³/mol. The lowest BCUT2D eigenvalue weighted by atomic mass is 10.4. The molecule has 0 saturated heterocycles. The number of hydrogen-bond acceptors (Lipinski definition) is 3. The molecule has 1 aromatic heterocycles. The highest BCUT2D eigenvalue weighted by Gasteiger charge is 2.09. The van der Waals surface area contributed by atoms with E-state index in [4.69, 9.17) is 0 Å². The Hall–Kier alpha value is -1.65. The van der Waals surface area contributed by atoms with E-state index in [2.05, 4.69) is 4.98 Å². The molecule has 0 radical (unpaired) electrons. The molecular formula is C9H13N3O2. The molecular weight excluding hydrogens is 182 g/mol. The molecule has 1 aromatic rings. The van der Waals surface area contributed by atoms with Gasteiger partial charge in [-0.2, -0.15) is 0 Å². The summed E-state index contributed by atoms with van der Waals surface area (Å²) in [6.07, 6.45) is 3.60. The van der Waals surface area contributed by atoms with Crippen molar-refractivity contribution in [2.45, 2.75) is 13.5 Å². The maximum atomic E-state index is 11.5. The first-order chi connectivity index (χ1) is 6.69. The average Bonchev–Trinajstić information content (AvgIpc) is 2.63. The molecule has 0 aliphatic carbocycles. The minimum absolute atomic E-state index is 0.0337. The van der Waals surface area contributed by atoms with Crippen molar-refractivity contribution in [3.8, 4) is 0 Å². The summed E-state index contributed by atoms with van der Waals surface area (Å²) in [4.78, 5) is 27.4. The molecule has 0 bridgehead atoms. The summed E-state index contributed by atoms with van der Waals surface area (Å²) in [5.41, 5.74) is 0.419. The van der Waals surface area contributed by atoms with Crippen LogP contribution in [0, 0.1) is 0 Å². The molecule has 1 heterocycles. The second-order valence-corrected chi connectivity index (χ2v) is 2.97. The molecule has 0 aliphatic heterocycles. The van der Waals surface area contributed by atoms with Crippen LogP contribution in [0.3, 0.4) is 0 Å². The summed E-state index contributed by atoms with van der Waals surface area (Å²) in [5, 5.41) is 0. The van der Waals surface area contributed by atoms with Crippen molar-refractivity contribution in [2.75, 3.05) is 13.6 Å². The van der Waals surface area contributed by atoms with Gasteiger partial charge in [-0.05, 0) is 6.92 Å². The first-order valence-corrected chi connectivity index (χ1v) is 4.38. The Morgan fingerprint density at radius 2 is 2.43 bits per heavy atom. The maximum absolute atomic E-state index is 11.5. The molecule has 0 saturated carbocycles. The van der Waals surface area contributed by atoms with Crippen LogP contribution in [0.25, 0.3) is 0 Å². The summed E-state index contributed by atoms with van der Waals surface area (Å²) in [5.74, 6) is -0.0337. The second-order valence-electron chi connectivity index (χ2n) is 2.97. The third-order valence-corrected chi connectivity index (χ3v) is 2.07. The lowest BCUT2D eigenvalue weighted by molar-refractivity contribution is -0.130. The van der Waals surface area contributed by atoms with Crippen LogP contribution in [0.15, 0.2) is 12.5 Å².